The molecule has 2 rings (SSSR count). The van der Waals surface area contributed by atoms with Gasteiger partial charge in [0.2, 0.25) is 0 Å². The van der Waals surface area contributed by atoms with Crippen LogP contribution in [0.2, 0.25) is 5.02 Å². The second-order valence-electron chi connectivity index (χ2n) is 4.80. The number of hydrogen-bond donors (Lipinski definition) is 1. The fraction of sp³-hybridized carbons (Fsp3) is 0.500. The molecule has 1 aromatic carbocycles. The molecular weight excluding hydrogens is 264 g/mol. The molecule has 0 heterocycles. The maximum atomic E-state index is 6.03. The highest BCUT2D eigenvalue weighted by atomic mass is 35.5. The summed E-state index contributed by atoms with van der Waals surface area (Å²) in [5.41, 5.74) is 7.86. The number of nitrogens with zero attached hydrogens (tertiary/aromatic N) is 1. The van der Waals surface area contributed by atoms with Crippen molar-refractivity contribution in [2.75, 3.05) is 11.4 Å². The van der Waals surface area contributed by atoms with E-state index in [0.717, 1.165) is 17.8 Å². The molecule has 0 aromatic heterocycles. The molecule has 1 aliphatic carbocycles. The standard InChI is InChI=1S/C14H19ClN2S/c1-2-3-8-17(11-5-6-11)13-7-4-10(15)9-12(13)14(16)18/h4,7,9,11H,2-3,5-6,8H2,1H3,(H2,16,18). The molecule has 0 bridgehead atoms. The van der Waals surface area contributed by atoms with Crippen molar-refractivity contribution in [3.05, 3.63) is 28.8 Å². The maximum Gasteiger partial charge on any atom is 0.106 e. The second-order valence-corrected chi connectivity index (χ2v) is 5.68. The number of halogens is 1. The van der Waals surface area contributed by atoms with E-state index in [-0.39, 0.29) is 0 Å². The zero-order valence-electron chi connectivity index (χ0n) is 10.7. The molecule has 0 aliphatic heterocycles. The van der Waals surface area contributed by atoms with Gasteiger partial charge in [-0.3, -0.25) is 0 Å². The summed E-state index contributed by atoms with van der Waals surface area (Å²) in [5.74, 6) is 0. The van der Waals surface area contributed by atoms with Gasteiger partial charge in [0.05, 0.1) is 0 Å². The normalized spacial score (nSPS) is 14.6. The lowest BCUT2D eigenvalue weighted by atomic mass is 10.1. The van der Waals surface area contributed by atoms with Crippen LogP contribution in [-0.4, -0.2) is 17.6 Å². The minimum atomic E-state index is 0.426. The summed E-state index contributed by atoms with van der Waals surface area (Å²) in [7, 11) is 0. The molecule has 1 saturated carbocycles. The van der Waals surface area contributed by atoms with Crippen molar-refractivity contribution in [1.29, 1.82) is 0 Å². The largest absolute Gasteiger partial charge is 0.389 e. The minimum absolute atomic E-state index is 0.426. The monoisotopic (exact) mass is 282 g/mol. The molecule has 2 nitrogen and oxygen atoms in total. The SMILES string of the molecule is CCCCN(c1ccc(Cl)cc1C(N)=S)C1CC1. The van der Waals surface area contributed by atoms with Crippen LogP contribution in [0.5, 0.6) is 0 Å². The first kappa shape index (κ1) is 13.6. The lowest BCUT2D eigenvalue weighted by Gasteiger charge is -2.27. The topological polar surface area (TPSA) is 29.3 Å². The second kappa shape index (κ2) is 5.89. The van der Waals surface area contributed by atoms with Gasteiger partial charge in [-0.2, -0.15) is 0 Å². The number of benzene rings is 1. The summed E-state index contributed by atoms with van der Waals surface area (Å²) in [6, 6.07) is 6.50. The van der Waals surface area contributed by atoms with Crippen molar-refractivity contribution in [3.63, 3.8) is 0 Å². The first-order chi connectivity index (χ1) is 8.63. The molecule has 1 aliphatic rings. The Morgan fingerprint density at radius 2 is 2.22 bits per heavy atom. The van der Waals surface area contributed by atoms with E-state index < -0.39 is 0 Å². The van der Waals surface area contributed by atoms with E-state index in [4.69, 9.17) is 29.6 Å². The molecule has 18 heavy (non-hydrogen) atoms. The summed E-state index contributed by atoms with van der Waals surface area (Å²) in [6.07, 6.45) is 4.92. The number of thiocarbonyl (C=S) groups is 1. The Kier molecular flexibility index (Phi) is 4.46. The lowest BCUT2D eigenvalue weighted by molar-refractivity contribution is 0.713. The molecule has 1 aromatic rings. The smallest absolute Gasteiger partial charge is 0.106 e. The molecule has 0 amide bonds. The van der Waals surface area contributed by atoms with Gasteiger partial charge in [0.25, 0.3) is 0 Å². The fourth-order valence-corrected chi connectivity index (χ4v) is 2.51. The van der Waals surface area contributed by atoms with E-state index >= 15 is 0 Å². The third kappa shape index (κ3) is 3.15. The van der Waals surface area contributed by atoms with Crippen molar-refractivity contribution in [1.82, 2.24) is 0 Å². The molecule has 0 spiro atoms. The summed E-state index contributed by atoms with van der Waals surface area (Å²) in [4.78, 5) is 2.86. The van der Waals surface area contributed by atoms with Gasteiger partial charge in [0.1, 0.15) is 4.99 Å². The zero-order valence-corrected chi connectivity index (χ0v) is 12.2. The first-order valence-corrected chi connectivity index (χ1v) is 7.28. The lowest BCUT2D eigenvalue weighted by Crippen LogP contribution is -2.29. The molecule has 1 fully saturated rings. The van der Waals surface area contributed by atoms with Crippen molar-refractivity contribution < 1.29 is 0 Å². The summed E-state index contributed by atoms with van der Waals surface area (Å²) >= 11 is 11.2. The summed E-state index contributed by atoms with van der Waals surface area (Å²) in [6.45, 7) is 3.28. The van der Waals surface area contributed by atoms with Crippen LogP contribution in [0, 0.1) is 0 Å². The van der Waals surface area contributed by atoms with Crippen LogP contribution in [0.1, 0.15) is 38.2 Å². The Hall–Kier alpha value is -0.800. The summed E-state index contributed by atoms with van der Waals surface area (Å²) in [5, 5.41) is 0.688. The zero-order chi connectivity index (χ0) is 13.1. The number of hydrogen-bond acceptors (Lipinski definition) is 2. The molecule has 4 heteroatoms. The van der Waals surface area contributed by atoms with E-state index in [9.17, 15) is 0 Å². The van der Waals surface area contributed by atoms with Gasteiger partial charge in [-0.05, 0) is 37.5 Å². The quantitative estimate of drug-likeness (QED) is 0.806. The molecule has 0 unspecified atom stereocenters. The van der Waals surface area contributed by atoms with Crippen LogP contribution in [0.25, 0.3) is 0 Å². The van der Waals surface area contributed by atoms with Gasteiger partial charge in [0, 0.05) is 28.9 Å². The molecule has 0 radical (unpaired) electrons. The van der Waals surface area contributed by atoms with Crippen LogP contribution >= 0.6 is 23.8 Å². The predicted molar refractivity (Wildman–Crippen MR) is 82.6 cm³/mol. The number of anilines is 1. The maximum absolute atomic E-state index is 6.03. The van der Waals surface area contributed by atoms with Gasteiger partial charge in [0.15, 0.2) is 0 Å². The van der Waals surface area contributed by atoms with Crippen LogP contribution in [0.3, 0.4) is 0 Å². The van der Waals surface area contributed by atoms with E-state index in [1.807, 2.05) is 18.2 Å². The average Bonchev–Trinajstić information content (AvgIpc) is 3.15. The van der Waals surface area contributed by atoms with E-state index in [1.54, 1.807) is 0 Å². The third-order valence-electron chi connectivity index (χ3n) is 3.27. The number of rotatable bonds is 6. The van der Waals surface area contributed by atoms with Crippen LogP contribution in [0.4, 0.5) is 5.69 Å². The molecule has 0 atom stereocenters. The van der Waals surface area contributed by atoms with Gasteiger partial charge >= 0.3 is 0 Å². The van der Waals surface area contributed by atoms with Gasteiger partial charge < -0.3 is 10.6 Å². The van der Waals surface area contributed by atoms with Crippen molar-refractivity contribution in [3.8, 4) is 0 Å². The summed E-state index contributed by atoms with van der Waals surface area (Å²) < 4.78 is 0. The minimum Gasteiger partial charge on any atom is -0.389 e. The van der Waals surface area contributed by atoms with Crippen molar-refractivity contribution >= 4 is 34.5 Å². The van der Waals surface area contributed by atoms with Gasteiger partial charge in [-0.1, -0.05) is 37.2 Å². The highest BCUT2D eigenvalue weighted by Crippen LogP contribution is 2.34. The highest BCUT2D eigenvalue weighted by molar-refractivity contribution is 7.80. The Morgan fingerprint density at radius 3 is 2.78 bits per heavy atom. The number of unbranched alkanes of at least 4 members (excludes halogenated alkanes) is 1. The van der Waals surface area contributed by atoms with Gasteiger partial charge in [-0.15, -0.1) is 0 Å². The highest BCUT2D eigenvalue weighted by Gasteiger charge is 2.30. The fourth-order valence-electron chi connectivity index (χ4n) is 2.17. The van der Waals surface area contributed by atoms with E-state index in [0.29, 0.717) is 16.1 Å². The van der Waals surface area contributed by atoms with Crippen LogP contribution < -0.4 is 10.6 Å². The Balaban J connectivity index is 2.30. The van der Waals surface area contributed by atoms with E-state index in [2.05, 4.69) is 11.8 Å². The Labute approximate surface area is 119 Å². The van der Waals surface area contributed by atoms with Crippen LogP contribution in [0.15, 0.2) is 18.2 Å². The molecule has 2 N–H and O–H groups in total. The predicted octanol–water partition coefficient (Wildman–Crippen LogP) is 3.74. The first-order valence-electron chi connectivity index (χ1n) is 6.49. The molecule has 98 valence electrons. The van der Waals surface area contributed by atoms with E-state index in [1.165, 1.54) is 25.7 Å². The van der Waals surface area contributed by atoms with Crippen LogP contribution in [-0.2, 0) is 0 Å². The van der Waals surface area contributed by atoms with Crippen molar-refractivity contribution in [2.24, 2.45) is 5.73 Å². The van der Waals surface area contributed by atoms with Gasteiger partial charge in [-0.25, -0.2) is 0 Å². The Bertz CT molecular complexity index is 443. The number of nitrogens with two attached hydrogens (primary N) is 1. The molecular formula is C14H19ClN2S. The van der Waals surface area contributed by atoms with Crippen molar-refractivity contribution in [2.45, 2.75) is 38.6 Å². The Morgan fingerprint density at radius 1 is 1.50 bits per heavy atom. The average molecular weight is 283 g/mol. The molecule has 0 saturated heterocycles. The third-order valence-corrected chi connectivity index (χ3v) is 3.73.